The Bertz CT molecular complexity index is 501. The molecule has 1 aliphatic heterocycles. The zero-order valence-electron chi connectivity index (χ0n) is 10.7. The standard InChI is InChI=1S/C13H17N3OS/c1-9-13(10(2)17-15-9)12-4-3-5-16(12)6-11-7-18-8-14-11/h7-8,12H,3-6H2,1-2H3/t12-/m0/s1. The molecule has 4 nitrogen and oxygen atoms in total. The number of rotatable bonds is 3. The van der Waals surface area contributed by atoms with Gasteiger partial charge in [-0.3, -0.25) is 4.90 Å². The summed E-state index contributed by atoms with van der Waals surface area (Å²) in [5, 5.41) is 6.20. The summed E-state index contributed by atoms with van der Waals surface area (Å²) in [5.41, 5.74) is 5.38. The molecule has 0 bridgehead atoms. The first-order valence-electron chi connectivity index (χ1n) is 6.29. The molecule has 1 fully saturated rings. The SMILES string of the molecule is Cc1noc(C)c1[C@@H]1CCCN1Cc1cscn1. The van der Waals surface area contributed by atoms with E-state index in [1.54, 1.807) is 11.3 Å². The molecule has 1 atom stereocenters. The van der Waals surface area contributed by atoms with Gasteiger partial charge in [-0.25, -0.2) is 4.98 Å². The van der Waals surface area contributed by atoms with Gasteiger partial charge in [-0.2, -0.15) is 0 Å². The van der Waals surface area contributed by atoms with Crippen LogP contribution in [-0.2, 0) is 6.54 Å². The molecule has 2 aromatic rings. The molecule has 96 valence electrons. The number of nitrogens with zero attached hydrogens (tertiary/aromatic N) is 3. The summed E-state index contributed by atoms with van der Waals surface area (Å²) in [6.45, 7) is 6.10. The predicted molar refractivity (Wildman–Crippen MR) is 70.5 cm³/mol. The molecule has 0 unspecified atom stereocenters. The fourth-order valence-electron chi connectivity index (χ4n) is 2.83. The van der Waals surface area contributed by atoms with Crippen molar-refractivity contribution < 1.29 is 4.52 Å². The zero-order chi connectivity index (χ0) is 12.5. The van der Waals surface area contributed by atoms with E-state index in [1.165, 1.54) is 24.1 Å². The monoisotopic (exact) mass is 263 g/mol. The summed E-state index contributed by atoms with van der Waals surface area (Å²) in [6, 6.07) is 0.443. The molecule has 2 aromatic heterocycles. The van der Waals surface area contributed by atoms with E-state index in [9.17, 15) is 0 Å². The minimum absolute atomic E-state index is 0.443. The number of hydrogen-bond donors (Lipinski definition) is 0. The Labute approximate surface area is 111 Å². The van der Waals surface area contributed by atoms with Crippen LogP contribution in [0.3, 0.4) is 0 Å². The molecule has 18 heavy (non-hydrogen) atoms. The first-order valence-corrected chi connectivity index (χ1v) is 7.24. The van der Waals surface area contributed by atoms with Gasteiger partial charge < -0.3 is 4.52 Å². The van der Waals surface area contributed by atoms with Crippen molar-refractivity contribution in [2.24, 2.45) is 0 Å². The Morgan fingerprint density at radius 2 is 2.39 bits per heavy atom. The molecule has 0 spiro atoms. The van der Waals surface area contributed by atoms with Gasteiger partial charge >= 0.3 is 0 Å². The Balaban J connectivity index is 1.83. The molecule has 3 heterocycles. The van der Waals surface area contributed by atoms with Crippen LogP contribution in [0.2, 0.25) is 0 Å². The highest BCUT2D eigenvalue weighted by atomic mass is 32.1. The Morgan fingerprint density at radius 1 is 1.50 bits per heavy atom. The Hall–Kier alpha value is -1.20. The second-order valence-corrected chi connectivity index (χ2v) is 5.56. The van der Waals surface area contributed by atoms with E-state index in [1.807, 2.05) is 19.4 Å². The molecule has 1 aliphatic rings. The summed E-state index contributed by atoms with van der Waals surface area (Å²) in [6.07, 6.45) is 2.42. The van der Waals surface area contributed by atoms with Crippen molar-refractivity contribution in [1.82, 2.24) is 15.0 Å². The van der Waals surface area contributed by atoms with Gasteiger partial charge in [0.1, 0.15) is 5.76 Å². The Morgan fingerprint density at radius 3 is 3.06 bits per heavy atom. The molecular formula is C13H17N3OS. The maximum absolute atomic E-state index is 5.30. The molecule has 1 saturated heterocycles. The van der Waals surface area contributed by atoms with Crippen LogP contribution in [0.25, 0.3) is 0 Å². The van der Waals surface area contributed by atoms with E-state index in [4.69, 9.17) is 4.52 Å². The molecule has 0 amide bonds. The van der Waals surface area contributed by atoms with Gasteiger partial charge in [0, 0.05) is 23.5 Å². The van der Waals surface area contributed by atoms with Crippen LogP contribution in [-0.4, -0.2) is 21.6 Å². The van der Waals surface area contributed by atoms with Gasteiger partial charge in [-0.15, -0.1) is 11.3 Å². The average Bonchev–Trinajstić information content (AvgIpc) is 3.04. The highest BCUT2D eigenvalue weighted by molar-refractivity contribution is 7.07. The van der Waals surface area contributed by atoms with E-state index in [0.29, 0.717) is 6.04 Å². The third-order valence-electron chi connectivity index (χ3n) is 3.63. The zero-order valence-corrected chi connectivity index (χ0v) is 11.5. The van der Waals surface area contributed by atoms with E-state index < -0.39 is 0 Å². The molecule has 5 heteroatoms. The van der Waals surface area contributed by atoms with E-state index in [-0.39, 0.29) is 0 Å². The van der Waals surface area contributed by atoms with E-state index in [0.717, 1.165) is 24.5 Å². The molecule has 0 aliphatic carbocycles. The van der Waals surface area contributed by atoms with Crippen LogP contribution in [0, 0.1) is 13.8 Å². The lowest BCUT2D eigenvalue weighted by molar-refractivity contribution is 0.243. The molecule has 0 aromatic carbocycles. The molecule has 3 rings (SSSR count). The van der Waals surface area contributed by atoms with Crippen molar-refractivity contribution in [2.75, 3.05) is 6.54 Å². The minimum Gasteiger partial charge on any atom is -0.361 e. The lowest BCUT2D eigenvalue weighted by Gasteiger charge is -2.23. The van der Waals surface area contributed by atoms with Gasteiger partial charge in [0.25, 0.3) is 0 Å². The van der Waals surface area contributed by atoms with Gasteiger partial charge in [-0.05, 0) is 33.2 Å². The minimum atomic E-state index is 0.443. The van der Waals surface area contributed by atoms with Crippen LogP contribution >= 0.6 is 11.3 Å². The first kappa shape index (κ1) is 11.9. The van der Waals surface area contributed by atoms with E-state index >= 15 is 0 Å². The van der Waals surface area contributed by atoms with Crippen molar-refractivity contribution in [3.05, 3.63) is 33.6 Å². The summed E-state index contributed by atoms with van der Waals surface area (Å²) in [4.78, 5) is 6.87. The summed E-state index contributed by atoms with van der Waals surface area (Å²) < 4.78 is 5.30. The number of likely N-dealkylation sites (tertiary alicyclic amines) is 1. The predicted octanol–water partition coefficient (Wildman–Crippen LogP) is 3.09. The number of hydrogen-bond acceptors (Lipinski definition) is 5. The molecule has 0 radical (unpaired) electrons. The van der Waals surface area contributed by atoms with Crippen molar-refractivity contribution in [2.45, 2.75) is 39.3 Å². The van der Waals surface area contributed by atoms with Crippen LogP contribution in [0.5, 0.6) is 0 Å². The Kier molecular flexibility index (Phi) is 3.18. The number of thiazole rings is 1. The van der Waals surface area contributed by atoms with Gasteiger partial charge in [-0.1, -0.05) is 5.16 Å². The third kappa shape index (κ3) is 2.08. The maximum Gasteiger partial charge on any atom is 0.138 e. The highest BCUT2D eigenvalue weighted by Gasteiger charge is 2.30. The lowest BCUT2D eigenvalue weighted by Crippen LogP contribution is -2.23. The first-order chi connectivity index (χ1) is 8.75. The van der Waals surface area contributed by atoms with Crippen LogP contribution in [0.1, 0.15) is 41.6 Å². The molecule has 0 saturated carbocycles. The van der Waals surface area contributed by atoms with Gasteiger partial charge in [0.2, 0.25) is 0 Å². The van der Waals surface area contributed by atoms with Crippen LogP contribution in [0.4, 0.5) is 0 Å². The smallest absolute Gasteiger partial charge is 0.138 e. The fourth-order valence-corrected chi connectivity index (χ4v) is 3.38. The molecular weight excluding hydrogens is 246 g/mol. The van der Waals surface area contributed by atoms with Crippen molar-refractivity contribution in [1.29, 1.82) is 0 Å². The highest BCUT2D eigenvalue weighted by Crippen LogP contribution is 2.36. The average molecular weight is 263 g/mol. The lowest BCUT2D eigenvalue weighted by atomic mass is 10.0. The molecule has 0 N–H and O–H groups in total. The quantitative estimate of drug-likeness (QED) is 0.853. The fraction of sp³-hybridized carbons (Fsp3) is 0.538. The third-order valence-corrected chi connectivity index (χ3v) is 4.27. The van der Waals surface area contributed by atoms with Crippen molar-refractivity contribution in [3.8, 4) is 0 Å². The van der Waals surface area contributed by atoms with Crippen molar-refractivity contribution in [3.63, 3.8) is 0 Å². The second kappa shape index (κ2) is 4.82. The van der Waals surface area contributed by atoms with Crippen molar-refractivity contribution >= 4 is 11.3 Å². The summed E-state index contributed by atoms with van der Waals surface area (Å²) >= 11 is 1.66. The summed E-state index contributed by atoms with van der Waals surface area (Å²) in [5.74, 6) is 0.961. The number of aryl methyl sites for hydroxylation is 2. The largest absolute Gasteiger partial charge is 0.361 e. The van der Waals surface area contributed by atoms with Gasteiger partial charge in [0.05, 0.1) is 16.9 Å². The summed E-state index contributed by atoms with van der Waals surface area (Å²) in [7, 11) is 0. The topological polar surface area (TPSA) is 42.2 Å². The van der Waals surface area contributed by atoms with Gasteiger partial charge in [0.15, 0.2) is 0 Å². The van der Waals surface area contributed by atoms with Crippen LogP contribution < -0.4 is 0 Å². The number of aromatic nitrogens is 2. The maximum atomic E-state index is 5.30. The van der Waals surface area contributed by atoms with Crippen LogP contribution in [0.15, 0.2) is 15.4 Å². The normalized spacial score (nSPS) is 20.7. The second-order valence-electron chi connectivity index (χ2n) is 4.85. The van der Waals surface area contributed by atoms with E-state index in [2.05, 4.69) is 20.4 Å².